The molecule has 0 unspecified atom stereocenters. The predicted octanol–water partition coefficient (Wildman–Crippen LogP) is 1.77. The third-order valence-corrected chi connectivity index (χ3v) is 5.10. The number of hydrogen-bond donors (Lipinski definition) is 3. The Morgan fingerprint density at radius 1 is 1.26 bits per heavy atom. The molecular formula is C12H15NO5S. The van der Waals surface area contributed by atoms with Gasteiger partial charge in [-0.05, 0) is 31.0 Å². The monoisotopic (exact) mass is 285 g/mol. The molecule has 6 nitrogen and oxygen atoms in total. The topological polar surface area (TPSA) is 104 Å². The Labute approximate surface area is 111 Å². The Morgan fingerprint density at radius 3 is 2.47 bits per heavy atom. The molecule has 0 spiro atoms. The minimum Gasteiger partial charge on any atom is -0.507 e. The van der Waals surface area contributed by atoms with Crippen LogP contribution in [0.3, 0.4) is 0 Å². The van der Waals surface area contributed by atoms with E-state index in [9.17, 15) is 18.3 Å². The van der Waals surface area contributed by atoms with Crippen LogP contribution in [-0.2, 0) is 10.0 Å². The lowest BCUT2D eigenvalue weighted by atomic mass is 10.2. The first-order valence-electron chi connectivity index (χ1n) is 5.98. The smallest absolute Gasteiger partial charge is 0.339 e. The second-order valence-electron chi connectivity index (χ2n) is 4.59. The maximum Gasteiger partial charge on any atom is 0.339 e. The van der Waals surface area contributed by atoms with Crippen LogP contribution in [0.15, 0.2) is 18.2 Å². The molecule has 7 heteroatoms. The van der Waals surface area contributed by atoms with Gasteiger partial charge in [-0.1, -0.05) is 12.8 Å². The van der Waals surface area contributed by atoms with Gasteiger partial charge in [-0.3, -0.25) is 4.72 Å². The normalized spacial score (nSPS) is 16.4. The van der Waals surface area contributed by atoms with Crippen molar-refractivity contribution in [1.29, 1.82) is 0 Å². The van der Waals surface area contributed by atoms with Crippen LogP contribution in [-0.4, -0.2) is 29.9 Å². The summed E-state index contributed by atoms with van der Waals surface area (Å²) in [6, 6.07) is 3.62. The molecule has 104 valence electrons. The molecule has 0 atom stereocenters. The number of carboxylic acid groups (broad SMARTS) is 1. The van der Waals surface area contributed by atoms with Gasteiger partial charge in [-0.25, -0.2) is 13.2 Å². The minimum atomic E-state index is -3.49. The molecule has 0 aromatic heterocycles. The van der Waals surface area contributed by atoms with Crippen molar-refractivity contribution in [2.75, 3.05) is 4.72 Å². The van der Waals surface area contributed by atoms with Gasteiger partial charge in [-0.15, -0.1) is 0 Å². The molecule has 0 heterocycles. The molecular weight excluding hydrogens is 270 g/mol. The first kappa shape index (κ1) is 13.7. The average Bonchev–Trinajstić information content (AvgIpc) is 2.85. The summed E-state index contributed by atoms with van der Waals surface area (Å²) in [5.74, 6) is -1.70. The molecule has 2 rings (SSSR count). The van der Waals surface area contributed by atoms with Crippen LogP contribution in [0.1, 0.15) is 36.0 Å². The van der Waals surface area contributed by atoms with Crippen molar-refractivity contribution in [3.8, 4) is 5.75 Å². The van der Waals surface area contributed by atoms with E-state index in [0.29, 0.717) is 12.8 Å². The van der Waals surface area contributed by atoms with Gasteiger partial charge in [0, 0.05) is 5.69 Å². The molecule has 1 saturated carbocycles. The van der Waals surface area contributed by atoms with E-state index in [1.165, 1.54) is 6.07 Å². The Kier molecular flexibility index (Phi) is 3.66. The van der Waals surface area contributed by atoms with Crippen molar-refractivity contribution < 1.29 is 23.4 Å². The van der Waals surface area contributed by atoms with Gasteiger partial charge in [0.15, 0.2) is 0 Å². The van der Waals surface area contributed by atoms with Crippen LogP contribution in [0, 0.1) is 0 Å². The Balaban J connectivity index is 2.23. The number of nitrogens with one attached hydrogen (secondary N) is 1. The van der Waals surface area contributed by atoms with E-state index in [1.54, 1.807) is 0 Å². The fourth-order valence-electron chi connectivity index (χ4n) is 2.22. The van der Waals surface area contributed by atoms with Crippen molar-refractivity contribution in [3.05, 3.63) is 23.8 Å². The fraction of sp³-hybridized carbons (Fsp3) is 0.417. The summed E-state index contributed by atoms with van der Waals surface area (Å²) in [5.41, 5.74) is -0.172. The first-order valence-corrected chi connectivity index (χ1v) is 7.53. The van der Waals surface area contributed by atoms with E-state index in [1.807, 2.05) is 0 Å². The van der Waals surface area contributed by atoms with Crippen LogP contribution in [0.2, 0.25) is 0 Å². The summed E-state index contributed by atoms with van der Waals surface area (Å²) in [6.07, 6.45) is 3.03. The van der Waals surface area contributed by atoms with E-state index in [0.717, 1.165) is 25.0 Å². The van der Waals surface area contributed by atoms with E-state index in [2.05, 4.69) is 4.72 Å². The highest BCUT2D eigenvalue weighted by Crippen LogP contribution is 2.27. The molecule has 1 fully saturated rings. The third kappa shape index (κ3) is 2.98. The van der Waals surface area contributed by atoms with Gasteiger partial charge < -0.3 is 10.2 Å². The maximum atomic E-state index is 12.0. The highest BCUT2D eigenvalue weighted by Gasteiger charge is 2.28. The van der Waals surface area contributed by atoms with Gasteiger partial charge in [0.25, 0.3) is 0 Å². The van der Waals surface area contributed by atoms with Crippen molar-refractivity contribution in [2.45, 2.75) is 30.9 Å². The van der Waals surface area contributed by atoms with Crippen LogP contribution in [0.5, 0.6) is 5.75 Å². The molecule has 19 heavy (non-hydrogen) atoms. The van der Waals surface area contributed by atoms with E-state index in [-0.39, 0.29) is 11.3 Å². The van der Waals surface area contributed by atoms with E-state index < -0.39 is 27.0 Å². The van der Waals surface area contributed by atoms with Crippen molar-refractivity contribution in [2.24, 2.45) is 0 Å². The Hall–Kier alpha value is -1.76. The summed E-state index contributed by atoms with van der Waals surface area (Å²) in [5, 5.41) is 17.8. The number of carbonyl (C=O) groups is 1. The number of aromatic carboxylic acids is 1. The van der Waals surface area contributed by atoms with Crippen LogP contribution < -0.4 is 4.72 Å². The lowest BCUT2D eigenvalue weighted by Gasteiger charge is -2.14. The summed E-state index contributed by atoms with van der Waals surface area (Å²) < 4.78 is 26.5. The number of anilines is 1. The molecule has 0 amide bonds. The second-order valence-corrected chi connectivity index (χ2v) is 6.55. The molecule has 1 aliphatic rings. The number of aromatic hydroxyl groups is 1. The number of hydrogen-bond acceptors (Lipinski definition) is 4. The largest absolute Gasteiger partial charge is 0.507 e. The Bertz CT molecular complexity index is 590. The number of phenols is 1. The third-order valence-electron chi connectivity index (χ3n) is 3.23. The Morgan fingerprint density at radius 2 is 1.89 bits per heavy atom. The lowest BCUT2D eigenvalue weighted by molar-refractivity contribution is 0.0694. The van der Waals surface area contributed by atoms with E-state index >= 15 is 0 Å². The van der Waals surface area contributed by atoms with Crippen molar-refractivity contribution in [1.82, 2.24) is 0 Å². The highest BCUT2D eigenvalue weighted by atomic mass is 32.2. The quantitative estimate of drug-likeness (QED) is 0.731. The molecule has 1 aromatic carbocycles. The number of rotatable bonds is 4. The second kappa shape index (κ2) is 5.08. The minimum absolute atomic E-state index is 0.155. The standard InChI is InChI=1S/C12H15NO5S/c14-11-6-5-8(7-10(11)12(15)16)13-19(17,18)9-3-1-2-4-9/h5-7,9,13-14H,1-4H2,(H,15,16). The first-order chi connectivity index (χ1) is 8.90. The lowest BCUT2D eigenvalue weighted by Crippen LogP contribution is -2.25. The van der Waals surface area contributed by atoms with Gasteiger partial charge in [0.05, 0.1) is 5.25 Å². The zero-order valence-corrected chi connectivity index (χ0v) is 11.0. The van der Waals surface area contributed by atoms with Gasteiger partial charge in [0.1, 0.15) is 11.3 Å². The van der Waals surface area contributed by atoms with Gasteiger partial charge in [-0.2, -0.15) is 0 Å². The SMILES string of the molecule is O=C(O)c1cc(NS(=O)(=O)C2CCCC2)ccc1O. The average molecular weight is 285 g/mol. The molecule has 0 bridgehead atoms. The molecule has 1 aliphatic carbocycles. The zero-order chi connectivity index (χ0) is 14.0. The molecule has 0 aliphatic heterocycles. The van der Waals surface area contributed by atoms with Crippen LogP contribution in [0.25, 0.3) is 0 Å². The van der Waals surface area contributed by atoms with Gasteiger partial charge >= 0.3 is 5.97 Å². The summed E-state index contributed by atoms with van der Waals surface area (Å²) in [7, 11) is -3.49. The molecule has 1 aromatic rings. The van der Waals surface area contributed by atoms with Crippen molar-refractivity contribution >= 4 is 21.7 Å². The predicted molar refractivity (Wildman–Crippen MR) is 69.9 cm³/mol. The van der Waals surface area contributed by atoms with Crippen LogP contribution in [0.4, 0.5) is 5.69 Å². The molecule has 0 saturated heterocycles. The molecule has 0 radical (unpaired) electrons. The number of benzene rings is 1. The van der Waals surface area contributed by atoms with Crippen LogP contribution >= 0.6 is 0 Å². The summed E-state index contributed by atoms with van der Waals surface area (Å²) >= 11 is 0. The van der Waals surface area contributed by atoms with Crippen molar-refractivity contribution in [3.63, 3.8) is 0 Å². The summed E-state index contributed by atoms with van der Waals surface area (Å²) in [6.45, 7) is 0. The zero-order valence-electron chi connectivity index (χ0n) is 10.2. The number of carboxylic acids is 1. The summed E-state index contributed by atoms with van der Waals surface area (Å²) in [4.78, 5) is 10.9. The maximum absolute atomic E-state index is 12.0. The number of sulfonamides is 1. The highest BCUT2D eigenvalue weighted by molar-refractivity contribution is 7.93. The van der Waals surface area contributed by atoms with Gasteiger partial charge in [0.2, 0.25) is 10.0 Å². The molecule has 3 N–H and O–H groups in total. The van der Waals surface area contributed by atoms with E-state index in [4.69, 9.17) is 5.11 Å². The fourth-order valence-corrected chi connectivity index (χ4v) is 3.79.